The molecular weight excluding hydrogens is 270 g/mol. The van der Waals surface area contributed by atoms with Gasteiger partial charge in [-0.25, -0.2) is 0 Å². The van der Waals surface area contributed by atoms with Gasteiger partial charge in [-0.2, -0.15) is 0 Å². The van der Waals surface area contributed by atoms with Crippen molar-refractivity contribution in [2.45, 2.75) is 12.6 Å². The van der Waals surface area contributed by atoms with Crippen molar-refractivity contribution in [1.82, 2.24) is 20.4 Å². The van der Waals surface area contributed by atoms with Crippen LogP contribution >= 0.6 is 11.3 Å². The van der Waals surface area contributed by atoms with Crippen molar-refractivity contribution in [3.05, 3.63) is 22.4 Å². The summed E-state index contributed by atoms with van der Waals surface area (Å²) in [6.45, 7) is 7.91. The molecule has 4 rings (SSSR count). The molecule has 1 unspecified atom stereocenters. The zero-order valence-corrected chi connectivity index (χ0v) is 12.8. The fourth-order valence-electron chi connectivity index (χ4n) is 2.94. The van der Waals surface area contributed by atoms with Crippen LogP contribution in [-0.4, -0.2) is 68.1 Å². The van der Waals surface area contributed by atoms with Crippen LogP contribution in [0.4, 0.5) is 0 Å². The maximum atomic E-state index is 4.30. The smallest absolute Gasteiger partial charge is 0.191 e. The normalized spacial score (nSPS) is 29.4. The highest BCUT2D eigenvalue weighted by atomic mass is 32.1. The third-order valence-corrected chi connectivity index (χ3v) is 5.01. The van der Waals surface area contributed by atoms with Gasteiger partial charge in [0.15, 0.2) is 5.96 Å². The van der Waals surface area contributed by atoms with E-state index in [4.69, 9.17) is 0 Å². The van der Waals surface area contributed by atoms with Gasteiger partial charge in [-0.1, -0.05) is 6.07 Å². The Morgan fingerprint density at radius 2 is 2.20 bits per heavy atom. The minimum atomic E-state index is 0.623. The van der Waals surface area contributed by atoms with E-state index in [1.54, 1.807) is 11.3 Å². The number of nitrogens with one attached hydrogen (secondary N) is 2. The number of rotatable bonds is 4. The molecule has 6 heteroatoms. The van der Waals surface area contributed by atoms with Crippen molar-refractivity contribution in [2.24, 2.45) is 4.99 Å². The summed E-state index contributed by atoms with van der Waals surface area (Å²) < 4.78 is 0. The van der Waals surface area contributed by atoms with Gasteiger partial charge in [0, 0.05) is 57.2 Å². The quantitative estimate of drug-likeness (QED) is 0.623. The molecule has 20 heavy (non-hydrogen) atoms. The van der Waals surface area contributed by atoms with E-state index in [0.717, 1.165) is 19.0 Å². The van der Waals surface area contributed by atoms with Crippen LogP contribution in [0.3, 0.4) is 0 Å². The maximum Gasteiger partial charge on any atom is 0.191 e. The topological polar surface area (TPSA) is 42.9 Å². The molecule has 2 N–H and O–H groups in total. The van der Waals surface area contributed by atoms with E-state index in [0.29, 0.717) is 6.04 Å². The summed E-state index contributed by atoms with van der Waals surface area (Å²) in [4.78, 5) is 10.8. The molecule has 3 fully saturated rings. The monoisotopic (exact) mass is 293 g/mol. The standard InChI is InChI=1S/C14H23N5S/c1-15-14(17-10-13-3-2-8-20-13)16-9-12-11-18-4-6-19(12)7-5-18/h2-3,8,12H,4-7,9-11H2,1H3,(H2,15,16,17). The van der Waals surface area contributed by atoms with Crippen molar-refractivity contribution in [2.75, 3.05) is 46.3 Å². The number of thiophene rings is 1. The summed E-state index contributed by atoms with van der Waals surface area (Å²) in [5.41, 5.74) is 0. The first-order valence-electron chi connectivity index (χ1n) is 7.28. The van der Waals surface area contributed by atoms with Gasteiger partial charge in [-0.3, -0.25) is 14.8 Å². The maximum absolute atomic E-state index is 4.30. The second kappa shape index (κ2) is 6.56. The minimum Gasteiger partial charge on any atom is -0.355 e. The van der Waals surface area contributed by atoms with Crippen LogP contribution in [0.5, 0.6) is 0 Å². The molecule has 0 amide bonds. The first-order valence-corrected chi connectivity index (χ1v) is 8.16. The Morgan fingerprint density at radius 1 is 1.35 bits per heavy atom. The van der Waals surface area contributed by atoms with Gasteiger partial charge in [-0.05, 0) is 11.4 Å². The molecule has 3 saturated heterocycles. The summed E-state index contributed by atoms with van der Waals surface area (Å²) >= 11 is 1.77. The predicted molar refractivity (Wildman–Crippen MR) is 84.3 cm³/mol. The van der Waals surface area contributed by atoms with Crippen molar-refractivity contribution >= 4 is 17.3 Å². The Hall–Kier alpha value is -1.11. The van der Waals surface area contributed by atoms with Crippen LogP contribution < -0.4 is 10.6 Å². The molecule has 0 aromatic carbocycles. The second-order valence-corrected chi connectivity index (χ2v) is 6.41. The highest BCUT2D eigenvalue weighted by Crippen LogP contribution is 2.14. The number of aliphatic imine (C=N–C) groups is 1. The Balaban J connectivity index is 1.44. The van der Waals surface area contributed by atoms with Crippen molar-refractivity contribution in [3.8, 4) is 0 Å². The lowest BCUT2D eigenvalue weighted by Crippen LogP contribution is -2.63. The van der Waals surface area contributed by atoms with Crippen LogP contribution in [0, 0.1) is 0 Å². The zero-order chi connectivity index (χ0) is 13.8. The largest absolute Gasteiger partial charge is 0.355 e. The fourth-order valence-corrected chi connectivity index (χ4v) is 3.58. The molecule has 1 atom stereocenters. The Bertz CT molecular complexity index is 436. The zero-order valence-electron chi connectivity index (χ0n) is 12.0. The number of piperazine rings is 3. The lowest BCUT2D eigenvalue weighted by atomic mass is 10.1. The first-order chi connectivity index (χ1) is 9.85. The number of hydrogen-bond donors (Lipinski definition) is 2. The van der Waals surface area contributed by atoms with Gasteiger partial charge in [0.05, 0.1) is 6.54 Å². The SMILES string of the molecule is CN=C(NCc1cccs1)NCC1CN2CCN1CC2. The van der Waals surface area contributed by atoms with Gasteiger partial charge in [0.25, 0.3) is 0 Å². The molecule has 5 nitrogen and oxygen atoms in total. The summed E-state index contributed by atoms with van der Waals surface area (Å²) in [7, 11) is 1.83. The first kappa shape index (κ1) is 13.9. The molecule has 3 aliphatic rings. The molecule has 4 heterocycles. The van der Waals surface area contributed by atoms with E-state index in [-0.39, 0.29) is 0 Å². The third kappa shape index (κ3) is 3.31. The van der Waals surface area contributed by atoms with Crippen molar-refractivity contribution < 1.29 is 0 Å². The minimum absolute atomic E-state index is 0.623. The van der Waals surface area contributed by atoms with Crippen LogP contribution in [-0.2, 0) is 6.54 Å². The van der Waals surface area contributed by atoms with Crippen molar-refractivity contribution in [3.63, 3.8) is 0 Å². The fraction of sp³-hybridized carbons (Fsp3) is 0.643. The molecule has 2 bridgehead atoms. The van der Waals surface area contributed by atoms with Gasteiger partial charge in [-0.15, -0.1) is 11.3 Å². The molecule has 0 spiro atoms. The van der Waals surface area contributed by atoms with Crippen LogP contribution in [0.25, 0.3) is 0 Å². The Kier molecular flexibility index (Phi) is 4.54. The molecule has 0 aliphatic carbocycles. The molecule has 110 valence electrons. The van der Waals surface area contributed by atoms with E-state index in [9.17, 15) is 0 Å². The highest BCUT2D eigenvalue weighted by molar-refractivity contribution is 7.09. The van der Waals surface area contributed by atoms with E-state index in [1.807, 2.05) is 7.05 Å². The highest BCUT2D eigenvalue weighted by Gasteiger charge is 2.31. The molecular formula is C14H23N5S. The van der Waals surface area contributed by atoms with Crippen molar-refractivity contribution in [1.29, 1.82) is 0 Å². The molecule has 1 aromatic heterocycles. The summed E-state index contributed by atoms with van der Waals surface area (Å²) in [6, 6.07) is 4.85. The van der Waals surface area contributed by atoms with Gasteiger partial charge in [0.1, 0.15) is 0 Å². The average Bonchev–Trinajstić information content (AvgIpc) is 3.02. The second-order valence-electron chi connectivity index (χ2n) is 5.38. The molecule has 1 aromatic rings. The summed E-state index contributed by atoms with van der Waals surface area (Å²) in [6.07, 6.45) is 0. The van der Waals surface area contributed by atoms with Crippen LogP contribution in [0.1, 0.15) is 4.88 Å². The number of hydrogen-bond acceptors (Lipinski definition) is 4. The van der Waals surface area contributed by atoms with E-state index in [1.165, 1.54) is 37.6 Å². The van der Waals surface area contributed by atoms with Crippen LogP contribution in [0.2, 0.25) is 0 Å². The predicted octanol–water partition coefficient (Wildman–Crippen LogP) is 0.413. The Morgan fingerprint density at radius 3 is 2.80 bits per heavy atom. The number of guanidine groups is 1. The van der Waals surface area contributed by atoms with E-state index >= 15 is 0 Å². The molecule has 0 radical (unpaired) electrons. The average molecular weight is 293 g/mol. The van der Waals surface area contributed by atoms with Gasteiger partial charge < -0.3 is 10.6 Å². The summed E-state index contributed by atoms with van der Waals surface area (Å²) in [5.74, 6) is 0.899. The molecule has 0 saturated carbocycles. The van der Waals surface area contributed by atoms with Crippen LogP contribution in [0.15, 0.2) is 22.5 Å². The van der Waals surface area contributed by atoms with E-state index in [2.05, 4.69) is 42.9 Å². The lowest BCUT2D eigenvalue weighted by molar-refractivity contribution is 0.0154. The van der Waals surface area contributed by atoms with E-state index < -0.39 is 0 Å². The Labute approximate surface area is 124 Å². The molecule has 3 aliphatic heterocycles. The third-order valence-electron chi connectivity index (χ3n) is 4.13. The number of nitrogens with zero attached hydrogens (tertiary/aromatic N) is 3. The van der Waals surface area contributed by atoms with Gasteiger partial charge >= 0.3 is 0 Å². The summed E-state index contributed by atoms with van der Waals surface area (Å²) in [5, 5.41) is 8.94. The number of fused-ring (bicyclic) bond motifs is 3. The lowest BCUT2D eigenvalue weighted by Gasteiger charge is -2.47. The van der Waals surface area contributed by atoms with Gasteiger partial charge in [0.2, 0.25) is 0 Å².